The van der Waals surface area contributed by atoms with Gasteiger partial charge in [-0.2, -0.15) is 0 Å². The molecular formula is C20H17BrFNO5. The summed E-state index contributed by atoms with van der Waals surface area (Å²) in [6.07, 6.45) is 0. The molecule has 1 aromatic heterocycles. The van der Waals surface area contributed by atoms with Crippen molar-refractivity contribution in [3.63, 3.8) is 0 Å². The fraction of sp³-hybridized carbons (Fsp3) is 0.200. The molecule has 6 nitrogen and oxygen atoms in total. The van der Waals surface area contributed by atoms with Gasteiger partial charge in [-0.15, -0.1) is 0 Å². The maximum absolute atomic E-state index is 13.8. The third-order valence-electron chi connectivity index (χ3n) is 3.94. The molecule has 0 fully saturated rings. The van der Waals surface area contributed by atoms with E-state index in [0.717, 1.165) is 5.39 Å². The number of carbonyl (C=O) groups is 2. The Balaban J connectivity index is 1.67. The van der Waals surface area contributed by atoms with Gasteiger partial charge in [0.05, 0.1) is 12.3 Å². The van der Waals surface area contributed by atoms with E-state index in [1.165, 1.54) is 12.1 Å². The smallest absolute Gasteiger partial charge is 0.375 e. The number of aryl methyl sites for hydroxylation is 1. The number of benzene rings is 2. The van der Waals surface area contributed by atoms with Crippen molar-refractivity contribution in [2.75, 3.05) is 18.5 Å². The van der Waals surface area contributed by atoms with Crippen molar-refractivity contribution in [3.8, 4) is 5.75 Å². The highest BCUT2D eigenvalue weighted by molar-refractivity contribution is 9.10. The van der Waals surface area contributed by atoms with Crippen LogP contribution in [0.15, 0.2) is 45.3 Å². The molecule has 1 heterocycles. The molecular weight excluding hydrogens is 433 g/mol. The van der Waals surface area contributed by atoms with Crippen LogP contribution in [0.25, 0.3) is 11.0 Å². The van der Waals surface area contributed by atoms with Crippen molar-refractivity contribution < 1.29 is 27.9 Å². The Bertz CT molecular complexity index is 1050. The summed E-state index contributed by atoms with van der Waals surface area (Å²) in [6.45, 7) is 3.54. The molecule has 3 rings (SSSR count). The lowest BCUT2D eigenvalue weighted by Gasteiger charge is -2.07. The maximum Gasteiger partial charge on any atom is 0.375 e. The van der Waals surface area contributed by atoms with Gasteiger partial charge in [-0.25, -0.2) is 9.18 Å². The van der Waals surface area contributed by atoms with E-state index < -0.39 is 24.3 Å². The molecule has 3 aromatic rings. The van der Waals surface area contributed by atoms with Gasteiger partial charge in [0, 0.05) is 15.4 Å². The second kappa shape index (κ2) is 8.43. The van der Waals surface area contributed by atoms with Gasteiger partial charge in [-0.05, 0) is 50.2 Å². The van der Waals surface area contributed by atoms with E-state index in [1.54, 1.807) is 31.2 Å². The summed E-state index contributed by atoms with van der Waals surface area (Å²) < 4.78 is 30.3. The second-order valence-electron chi connectivity index (χ2n) is 5.90. The summed E-state index contributed by atoms with van der Waals surface area (Å²) in [5, 5.41) is 3.07. The topological polar surface area (TPSA) is 77.8 Å². The number of halogens is 2. The van der Waals surface area contributed by atoms with Gasteiger partial charge < -0.3 is 19.2 Å². The summed E-state index contributed by atoms with van der Waals surface area (Å²) >= 11 is 3.13. The Morgan fingerprint density at radius 3 is 2.71 bits per heavy atom. The van der Waals surface area contributed by atoms with Gasteiger partial charge in [-0.3, -0.25) is 4.79 Å². The number of amides is 1. The number of anilines is 1. The highest BCUT2D eigenvalue weighted by atomic mass is 79.9. The fourth-order valence-electron chi connectivity index (χ4n) is 2.62. The summed E-state index contributed by atoms with van der Waals surface area (Å²) in [7, 11) is 0. The van der Waals surface area contributed by atoms with Crippen LogP contribution in [0.3, 0.4) is 0 Å². The van der Waals surface area contributed by atoms with Crippen molar-refractivity contribution in [1.29, 1.82) is 0 Å². The van der Waals surface area contributed by atoms with Crippen molar-refractivity contribution in [3.05, 3.63) is 58.0 Å². The Kier molecular flexibility index (Phi) is 5.99. The van der Waals surface area contributed by atoms with Gasteiger partial charge in [0.15, 0.2) is 6.61 Å². The average molecular weight is 450 g/mol. The Morgan fingerprint density at radius 1 is 1.21 bits per heavy atom. The first kappa shape index (κ1) is 19.9. The lowest BCUT2D eigenvalue weighted by Crippen LogP contribution is -2.21. The van der Waals surface area contributed by atoms with Crippen LogP contribution in [0.5, 0.6) is 5.75 Å². The highest BCUT2D eigenvalue weighted by Crippen LogP contribution is 2.29. The number of rotatable bonds is 6. The Hall–Kier alpha value is -2.87. The molecule has 0 atom stereocenters. The van der Waals surface area contributed by atoms with E-state index in [9.17, 15) is 14.0 Å². The summed E-state index contributed by atoms with van der Waals surface area (Å²) in [4.78, 5) is 24.3. The number of hydrogen-bond donors (Lipinski definition) is 1. The number of carbonyl (C=O) groups excluding carboxylic acids is 2. The second-order valence-corrected chi connectivity index (χ2v) is 6.81. The van der Waals surface area contributed by atoms with Crippen LogP contribution in [0.1, 0.15) is 23.0 Å². The molecule has 0 unspecified atom stereocenters. The molecule has 0 saturated heterocycles. The van der Waals surface area contributed by atoms with E-state index in [-0.39, 0.29) is 11.4 Å². The molecule has 0 aliphatic rings. The minimum atomic E-state index is -0.780. The van der Waals surface area contributed by atoms with Crippen molar-refractivity contribution in [1.82, 2.24) is 0 Å². The van der Waals surface area contributed by atoms with Crippen LogP contribution in [-0.4, -0.2) is 25.1 Å². The largest absolute Gasteiger partial charge is 0.494 e. The minimum absolute atomic E-state index is 0.00581. The highest BCUT2D eigenvalue weighted by Gasteiger charge is 2.20. The number of nitrogens with one attached hydrogen (secondary N) is 1. The van der Waals surface area contributed by atoms with Crippen LogP contribution in [0.2, 0.25) is 0 Å². The lowest BCUT2D eigenvalue weighted by atomic mass is 10.1. The molecule has 146 valence electrons. The van der Waals surface area contributed by atoms with Crippen LogP contribution in [0.4, 0.5) is 10.1 Å². The third-order valence-corrected chi connectivity index (χ3v) is 4.44. The van der Waals surface area contributed by atoms with Crippen molar-refractivity contribution in [2.24, 2.45) is 0 Å². The summed E-state index contributed by atoms with van der Waals surface area (Å²) in [6, 6.07) is 9.42. The maximum atomic E-state index is 13.8. The van der Waals surface area contributed by atoms with Gasteiger partial charge in [0.2, 0.25) is 5.76 Å². The van der Waals surface area contributed by atoms with Crippen LogP contribution in [-0.2, 0) is 9.53 Å². The fourth-order valence-corrected chi connectivity index (χ4v) is 2.96. The molecule has 0 spiro atoms. The number of fused-ring (bicyclic) bond motifs is 1. The normalized spacial score (nSPS) is 10.7. The molecule has 0 bridgehead atoms. The SMILES string of the molecule is CCOc1ccc2oc(C(=O)OCC(=O)Nc3ccc(Br)cc3F)c(C)c2c1. The monoisotopic (exact) mass is 449 g/mol. The number of hydrogen-bond acceptors (Lipinski definition) is 5. The lowest BCUT2D eigenvalue weighted by molar-refractivity contribution is -0.119. The quantitative estimate of drug-likeness (QED) is 0.544. The van der Waals surface area contributed by atoms with Crippen LogP contribution >= 0.6 is 15.9 Å². The molecule has 28 heavy (non-hydrogen) atoms. The predicted molar refractivity (Wildman–Crippen MR) is 105 cm³/mol. The zero-order valence-corrected chi connectivity index (χ0v) is 16.8. The number of ether oxygens (including phenoxy) is 2. The van der Waals surface area contributed by atoms with Crippen LogP contribution < -0.4 is 10.1 Å². The molecule has 1 amide bonds. The molecule has 0 aliphatic heterocycles. The first-order valence-electron chi connectivity index (χ1n) is 8.47. The molecule has 0 saturated carbocycles. The van der Waals surface area contributed by atoms with E-state index in [1.807, 2.05) is 6.92 Å². The van der Waals surface area contributed by atoms with E-state index in [0.29, 0.717) is 28.0 Å². The predicted octanol–water partition coefficient (Wildman–Crippen LogP) is 4.84. The van der Waals surface area contributed by atoms with Gasteiger partial charge >= 0.3 is 5.97 Å². The average Bonchev–Trinajstić information content (AvgIpc) is 2.99. The zero-order chi connectivity index (χ0) is 20.3. The first-order chi connectivity index (χ1) is 13.4. The van der Waals surface area contributed by atoms with Gasteiger partial charge in [0.1, 0.15) is 17.1 Å². The van der Waals surface area contributed by atoms with Gasteiger partial charge in [0.25, 0.3) is 5.91 Å². The molecule has 2 aromatic carbocycles. The van der Waals surface area contributed by atoms with E-state index in [4.69, 9.17) is 13.9 Å². The van der Waals surface area contributed by atoms with Crippen molar-refractivity contribution >= 4 is 44.5 Å². The van der Waals surface area contributed by atoms with Crippen molar-refractivity contribution in [2.45, 2.75) is 13.8 Å². The molecule has 8 heteroatoms. The summed E-state index contributed by atoms with van der Waals surface area (Å²) in [5.41, 5.74) is 1.09. The standard InChI is InChI=1S/C20H17BrFNO5/c1-3-26-13-5-7-17-14(9-13)11(2)19(28-17)20(25)27-10-18(24)23-16-6-4-12(21)8-15(16)22/h4-9H,3,10H2,1-2H3,(H,23,24). The molecule has 0 aliphatic carbocycles. The molecule has 1 N–H and O–H groups in total. The number of furan rings is 1. The third kappa shape index (κ3) is 4.33. The minimum Gasteiger partial charge on any atom is -0.494 e. The van der Waals surface area contributed by atoms with Crippen LogP contribution in [0, 0.1) is 12.7 Å². The summed E-state index contributed by atoms with van der Waals surface area (Å²) in [5.74, 6) is -1.38. The Labute approximate surface area is 168 Å². The van der Waals surface area contributed by atoms with E-state index >= 15 is 0 Å². The molecule has 0 radical (unpaired) electrons. The Morgan fingerprint density at radius 2 is 2.00 bits per heavy atom. The van der Waals surface area contributed by atoms with Gasteiger partial charge in [-0.1, -0.05) is 15.9 Å². The number of esters is 1. The van der Waals surface area contributed by atoms with E-state index in [2.05, 4.69) is 21.2 Å². The zero-order valence-electron chi connectivity index (χ0n) is 15.2. The first-order valence-corrected chi connectivity index (χ1v) is 9.26.